The third kappa shape index (κ3) is 13.7. The van der Waals surface area contributed by atoms with Gasteiger partial charge in [-0.2, -0.15) is 5.26 Å². The predicted molar refractivity (Wildman–Crippen MR) is 234 cm³/mol. The Kier molecular flexibility index (Phi) is 17.3. The lowest BCUT2D eigenvalue weighted by Crippen LogP contribution is -2.63. The summed E-state index contributed by atoms with van der Waals surface area (Å²) in [6, 6.07) is 10.0. The molecule has 1 aromatic carbocycles. The number of carbonyl (C=O) groups is 4. The molecular formula is C48H67NO10Si. The zero-order valence-electron chi connectivity index (χ0n) is 38.2. The number of hydrogen-bond donors (Lipinski definition) is 0. The highest BCUT2D eigenvalue weighted by Gasteiger charge is 2.54. The second kappa shape index (κ2) is 20.8. The summed E-state index contributed by atoms with van der Waals surface area (Å²) in [6.45, 7) is 25.1. The van der Waals surface area contributed by atoms with Crippen molar-refractivity contribution in [3.05, 3.63) is 94.1 Å². The van der Waals surface area contributed by atoms with Gasteiger partial charge in [-0.3, -0.25) is 14.4 Å². The SMILES string of the molecule is COC(=O)C1O[C@@H](Cc2ccc(CC(C#N)(C=C(C)C=CC=C(C)C=CC3=C(C)CCCC3(C)C)O[Si](C)(C)C(C)(C)C)cc2)C(OC(C)=O)[C@@H](OC(C)=O)[C@@H]1OC(C)=O. The van der Waals surface area contributed by atoms with E-state index in [9.17, 15) is 24.4 Å². The number of methoxy groups -OCH3 is 1. The summed E-state index contributed by atoms with van der Waals surface area (Å²) in [5.41, 5.74) is 5.33. The molecule has 12 heteroatoms. The van der Waals surface area contributed by atoms with Crippen LogP contribution in [0.25, 0.3) is 0 Å². The first kappa shape index (κ1) is 49.8. The maximum atomic E-state index is 12.9. The van der Waals surface area contributed by atoms with Crippen LogP contribution in [0.4, 0.5) is 0 Å². The van der Waals surface area contributed by atoms with Crippen LogP contribution in [0.2, 0.25) is 18.1 Å². The molecule has 1 saturated heterocycles. The van der Waals surface area contributed by atoms with Crippen molar-refractivity contribution in [2.75, 3.05) is 7.11 Å². The second-order valence-corrected chi connectivity index (χ2v) is 23.0. The molecule has 6 atom stereocenters. The largest absolute Gasteiger partial charge is 0.467 e. The third-order valence-corrected chi connectivity index (χ3v) is 16.1. The lowest BCUT2D eigenvalue weighted by atomic mass is 9.72. The van der Waals surface area contributed by atoms with Crippen molar-refractivity contribution in [2.24, 2.45) is 5.41 Å². The van der Waals surface area contributed by atoms with Gasteiger partial charge < -0.3 is 28.1 Å². The molecule has 1 aliphatic carbocycles. The van der Waals surface area contributed by atoms with Crippen molar-refractivity contribution < 1.29 is 47.3 Å². The summed E-state index contributed by atoms with van der Waals surface area (Å²) in [5, 5.41) is 10.7. The van der Waals surface area contributed by atoms with Gasteiger partial charge in [-0.1, -0.05) is 106 Å². The van der Waals surface area contributed by atoms with Gasteiger partial charge in [0.1, 0.15) is 12.2 Å². The Labute approximate surface area is 359 Å². The second-order valence-electron chi connectivity index (χ2n) is 18.3. The van der Waals surface area contributed by atoms with Crippen LogP contribution in [0.5, 0.6) is 0 Å². The highest BCUT2D eigenvalue weighted by atomic mass is 28.4. The van der Waals surface area contributed by atoms with Crippen molar-refractivity contribution in [1.82, 2.24) is 0 Å². The summed E-state index contributed by atoms with van der Waals surface area (Å²) in [6.07, 6.45) is 9.83. The molecule has 1 heterocycles. The standard InChI is InChI=1S/C48H67NO10Si/c1-31(20-25-39-33(3)19-16-26-47(39,10)11)17-15-18-32(2)28-48(30-49,59-60(13,14)46(7,8)9)29-38-23-21-37(22-24-38)27-40-41(55-34(4)50)42(56-35(5)51)43(57-36(6)52)44(58-40)45(53)54-12/h15,17-18,20-25,28,40-44H,16,19,26-27,29H2,1-14H3/t40-,41?,42+,43-,44?,48?/m0/s1. The van der Waals surface area contributed by atoms with E-state index >= 15 is 0 Å². The zero-order valence-corrected chi connectivity index (χ0v) is 39.2. The molecule has 0 radical (unpaired) electrons. The Hall–Kier alpha value is -4.57. The van der Waals surface area contributed by atoms with Gasteiger partial charge in [0.2, 0.25) is 0 Å². The fourth-order valence-electron chi connectivity index (χ4n) is 7.56. The van der Waals surface area contributed by atoms with Gasteiger partial charge in [-0.15, -0.1) is 0 Å². The zero-order chi connectivity index (χ0) is 45.2. The lowest BCUT2D eigenvalue weighted by Gasteiger charge is -2.43. The van der Waals surface area contributed by atoms with E-state index in [2.05, 4.69) is 85.9 Å². The maximum Gasteiger partial charge on any atom is 0.339 e. The molecule has 0 bridgehead atoms. The van der Waals surface area contributed by atoms with Gasteiger partial charge in [0.25, 0.3) is 0 Å². The van der Waals surface area contributed by atoms with E-state index in [-0.39, 0.29) is 23.3 Å². The first-order chi connectivity index (χ1) is 27.8. The number of esters is 4. The Morgan fingerprint density at radius 3 is 1.98 bits per heavy atom. The van der Waals surface area contributed by atoms with Gasteiger partial charge in [0.05, 0.1) is 7.11 Å². The molecule has 0 spiro atoms. The minimum atomic E-state index is -2.47. The molecular weight excluding hydrogens is 779 g/mol. The number of nitrogens with zero attached hydrogens (tertiary/aromatic N) is 1. The smallest absolute Gasteiger partial charge is 0.339 e. The van der Waals surface area contributed by atoms with Crippen LogP contribution in [-0.2, 0) is 60.1 Å². The average Bonchev–Trinajstić information content (AvgIpc) is 3.12. The number of rotatable bonds is 15. The molecule has 1 aliphatic heterocycles. The summed E-state index contributed by atoms with van der Waals surface area (Å²) in [5.74, 6) is -3.06. The number of hydrogen-bond acceptors (Lipinski definition) is 11. The molecule has 60 heavy (non-hydrogen) atoms. The number of nitriles is 1. The van der Waals surface area contributed by atoms with E-state index in [4.69, 9.17) is 28.1 Å². The van der Waals surface area contributed by atoms with Crippen molar-refractivity contribution in [1.29, 1.82) is 5.26 Å². The minimum Gasteiger partial charge on any atom is -0.467 e. The monoisotopic (exact) mass is 845 g/mol. The maximum absolute atomic E-state index is 12.9. The number of ether oxygens (including phenoxy) is 5. The normalized spacial score (nSPS) is 23.8. The number of carbonyl (C=O) groups excluding carboxylic acids is 4. The van der Waals surface area contributed by atoms with Gasteiger partial charge in [0.15, 0.2) is 38.3 Å². The summed E-state index contributed by atoms with van der Waals surface area (Å²) < 4.78 is 34.6. The summed E-state index contributed by atoms with van der Waals surface area (Å²) in [4.78, 5) is 49.6. The Morgan fingerprint density at radius 1 is 0.883 bits per heavy atom. The molecule has 0 N–H and O–H groups in total. The van der Waals surface area contributed by atoms with E-state index in [1.807, 2.05) is 49.4 Å². The topological polar surface area (TPSA) is 147 Å². The van der Waals surface area contributed by atoms with Crippen LogP contribution in [0, 0.1) is 16.7 Å². The molecule has 2 aliphatic rings. The van der Waals surface area contributed by atoms with Crippen LogP contribution in [0.1, 0.15) is 107 Å². The van der Waals surface area contributed by atoms with Gasteiger partial charge in [-0.05, 0) is 86.4 Å². The van der Waals surface area contributed by atoms with Gasteiger partial charge in [0, 0.05) is 33.6 Å². The number of allylic oxidation sites excluding steroid dienone is 9. The van der Waals surface area contributed by atoms with E-state index in [0.29, 0.717) is 0 Å². The van der Waals surface area contributed by atoms with E-state index in [1.165, 1.54) is 30.9 Å². The first-order valence-corrected chi connectivity index (χ1v) is 23.6. The van der Waals surface area contributed by atoms with Gasteiger partial charge in [-0.25, -0.2) is 4.79 Å². The molecule has 328 valence electrons. The highest BCUT2D eigenvalue weighted by molar-refractivity contribution is 6.74. The molecule has 0 saturated carbocycles. The summed E-state index contributed by atoms with van der Waals surface area (Å²) >= 11 is 0. The van der Waals surface area contributed by atoms with Crippen LogP contribution in [0.3, 0.4) is 0 Å². The van der Waals surface area contributed by atoms with Crippen LogP contribution in [0.15, 0.2) is 83.0 Å². The van der Waals surface area contributed by atoms with Crippen molar-refractivity contribution >= 4 is 32.2 Å². The van der Waals surface area contributed by atoms with Crippen molar-refractivity contribution in [3.63, 3.8) is 0 Å². The molecule has 1 fully saturated rings. The van der Waals surface area contributed by atoms with E-state index in [1.54, 1.807) is 0 Å². The summed E-state index contributed by atoms with van der Waals surface area (Å²) in [7, 11) is -1.32. The molecule has 0 amide bonds. The van der Waals surface area contributed by atoms with Crippen LogP contribution in [-0.4, -0.2) is 75.4 Å². The molecule has 1 aromatic rings. The van der Waals surface area contributed by atoms with Crippen molar-refractivity contribution in [2.45, 2.75) is 163 Å². The van der Waals surface area contributed by atoms with Crippen LogP contribution < -0.4 is 0 Å². The Bertz CT molecular complexity index is 1920. The van der Waals surface area contributed by atoms with E-state index in [0.717, 1.165) is 49.7 Å². The lowest BCUT2D eigenvalue weighted by molar-refractivity contribution is -0.248. The third-order valence-electron chi connectivity index (χ3n) is 11.6. The average molecular weight is 846 g/mol. The Balaban J connectivity index is 1.96. The fourth-order valence-corrected chi connectivity index (χ4v) is 8.96. The quantitative estimate of drug-likeness (QED) is 0.0720. The van der Waals surface area contributed by atoms with Crippen LogP contribution >= 0.6 is 0 Å². The molecule has 3 rings (SSSR count). The van der Waals surface area contributed by atoms with Crippen molar-refractivity contribution in [3.8, 4) is 6.07 Å². The minimum absolute atomic E-state index is 0.112. The fraction of sp³-hybridized carbons (Fsp3) is 0.562. The van der Waals surface area contributed by atoms with Gasteiger partial charge >= 0.3 is 23.9 Å². The Morgan fingerprint density at radius 2 is 1.45 bits per heavy atom. The highest BCUT2D eigenvalue weighted by Crippen LogP contribution is 2.42. The first-order valence-electron chi connectivity index (χ1n) is 20.7. The molecule has 0 aromatic heterocycles. The molecule has 11 nitrogen and oxygen atoms in total. The predicted octanol–water partition coefficient (Wildman–Crippen LogP) is 9.32. The van der Waals surface area contributed by atoms with E-state index < -0.39 is 68.3 Å². The molecule has 3 unspecified atom stereocenters. The number of benzene rings is 1.